The van der Waals surface area contributed by atoms with Crippen molar-refractivity contribution < 1.29 is 4.79 Å². The van der Waals surface area contributed by atoms with Gasteiger partial charge < -0.3 is 10.6 Å². The summed E-state index contributed by atoms with van der Waals surface area (Å²) in [6.07, 6.45) is 1.89. The summed E-state index contributed by atoms with van der Waals surface area (Å²) in [6.45, 7) is 4.75. The topological polar surface area (TPSA) is 54.0 Å². The molecule has 0 unspecified atom stereocenters. The van der Waals surface area contributed by atoms with Crippen LogP contribution in [0.3, 0.4) is 0 Å². The van der Waals surface area contributed by atoms with Gasteiger partial charge in [-0.1, -0.05) is 0 Å². The number of nitrogens with one attached hydrogen (secondary N) is 2. The summed E-state index contributed by atoms with van der Waals surface area (Å²) in [5, 5.41) is 7.06. The molecule has 0 aliphatic carbocycles. The van der Waals surface area contributed by atoms with Crippen molar-refractivity contribution in [3.8, 4) is 0 Å². The molecule has 1 amide bonds. The lowest BCUT2D eigenvalue weighted by Crippen LogP contribution is -2.17. The Morgan fingerprint density at radius 2 is 2.16 bits per heavy atom. The number of aryl methyl sites for hydroxylation is 2. The lowest BCUT2D eigenvalue weighted by molar-refractivity contribution is 0.0963. The predicted molar refractivity (Wildman–Crippen MR) is 78.7 cm³/mol. The van der Waals surface area contributed by atoms with Crippen molar-refractivity contribution in [2.45, 2.75) is 20.4 Å². The van der Waals surface area contributed by atoms with Crippen molar-refractivity contribution in [3.05, 3.63) is 45.4 Å². The lowest BCUT2D eigenvalue weighted by Gasteiger charge is -2.09. The van der Waals surface area contributed by atoms with Gasteiger partial charge in [0, 0.05) is 29.4 Å². The van der Waals surface area contributed by atoms with Crippen LogP contribution in [0.1, 0.15) is 25.8 Å². The molecule has 5 heteroatoms. The summed E-state index contributed by atoms with van der Waals surface area (Å²) in [5.41, 5.74) is 2.78. The molecule has 0 aliphatic rings. The van der Waals surface area contributed by atoms with Gasteiger partial charge in [0.1, 0.15) is 0 Å². The summed E-state index contributed by atoms with van der Waals surface area (Å²) in [7, 11) is 1.63. The smallest absolute Gasteiger partial charge is 0.251 e. The van der Waals surface area contributed by atoms with Crippen molar-refractivity contribution in [3.63, 3.8) is 0 Å². The van der Waals surface area contributed by atoms with Crippen LogP contribution in [0, 0.1) is 13.8 Å². The van der Waals surface area contributed by atoms with E-state index in [0.29, 0.717) is 5.56 Å². The summed E-state index contributed by atoms with van der Waals surface area (Å²) in [5.74, 6) is -0.0623. The van der Waals surface area contributed by atoms with Gasteiger partial charge in [-0.15, -0.1) is 11.3 Å². The van der Waals surface area contributed by atoms with Gasteiger partial charge >= 0.3 is 0 Å². The molecule has 0 aliphatic heterocycles. The number of hydrogen-bond donors (Lipinski definition) is 2. The minimum atomic E-state index is -0.0623. The lowest BCUT2D eigenvalue weighted by atomic mass is 10.1. The Labute approximate surface area is 116 Å². The van der Waals surface area contributed by atoms with Crippen LogP contribution in [-0.2, 0) is 6.54 Å². The third-order valence-corrected chi connectivity index (χ3v) is 3.75. The van der Waals surface area contributed by atoms with Crippen LogP contribution in [0.5, 0.6) is 0 Å². The normalized spacial score (nSPS) is 10.3. The maximum absolute atomic E-state index is 11.5. The highest BCUT2D eigenvalue weighted by Gasteiger charge is 2.06. The first-order valence-electron chi connectivity index (χ1n) is 6.08. The van der Waals surface area contributed by atoms with Crippen molar-refractivity contribution in [2.24, 2.45) is 0 Å². The van der Waals surface area contributed by atoms with E-state index in [1.54, 1.807) is 18.4 Å². The average Bonchev–Trinajstić information content (AvgIpc) is 2.82. The molecule has 19 heavy (non-hydrogen) atoms. The van der Waals surface area contributed by atoms with Crippen molar-refractivity contribution in [2.75, 3.05) is 12.4 Å². The fourth-order valence-electron chi connectivity index (χ4n) is 1.82. The molecule has 2 N–H and O–H groups in total. The first-order chi connectivity index (χ1) is 9.10. The quantitative estimate of drug-likeness (QED) is 0.902. The highest BCUT2D eigenvalue weighted by molar-refractivity contribution is 7.11. The minimum absolute atomic E-state index is 0.0623. The van der Waals surface area contributed by atoms with Crippen LogP contribution in [0.25, 0.3) is 0 Å². The summed E-state index contributed by atoms with van der Waals surface area (Å²) < 4.78 is 0. The van der Waals surface area contributed by atoms with E-state index >= 15 is 0 Å². The Hall–Kier alpha value is -1.88. The van der Waals surface area contributed by atoms with Gasteiger partial charge in [-0.3, -0.25) is 4.79 Å². The molecule has 0 radical (unpaired) electrons. The van der Waals surface area contributed by atoms with Gasteiger partial charge in [-0.2, -0.15) is 0 Å². The minimum Gasteiger partial charge on any atom is -0.380 e. The highest BCUT2D eigenvalue weighted by Crippen LogP contribution is 2.19. The van der Waals surface area contributed by atoms with E-state index in [-0.39, 0.29) is 5.91 Å². The molecule has 0 spiro atoms. The SMILES string of the molecule is CNC(=O)c1ccc(NCc2cnc(C)s2)c(C)c1. The van der Waals surface area contributed by atoms with E-state index in [4.69, 9.17) is 0 Å². The number of anilines is 1. The molecule has 2 rings (SSSR count). The van der Waals surface area contributed by atoms with Crippen LogP contribution in [0.4, 0.5) is 5.69 Å². The molecule has 1 aromatic heterocycles. The number of aromatic nitrogens is 1. The number of hydrogen-bond acceptors (Lipinski definition) is 4. The molecular weight excluding hydrogens is 258 g/mol. The van der Waals surface area contributed by atoms with Crippen molar-refractivity contribution in [1.82, 2.24) is 10.3 Å². The maximum atomic E-state index is 11.5. The molecule has 1 aromatic carbocycles. The number of amides is 1. The van der Waals surface area contributed by atoms with E-state index < -0.39 is 0 Å². The van der Waals surface area contributed by atoms with Crippen LogP contribution >= 0.6 is 11.3 Å². The third kappa shape index (κ3) is 3.32. The number of carbonyl (C=O) groups is 1. The average molecular weight is 275 g/mol. The fourth-order valence-corrected chi connectivity index (χ4v) is 2.55. The summed E-state index contributed by atoms with van der Waals surface area (Å²) in [4.78, 5) is 16.9. The summed E-state index contributed by atoms with van der Waals surface area (Å²) in [6, 6.07) is 5.65. The van der Waals surface area contributed by atoms with E-state index in [1.165, 1.54) is 4.88 Å². The summed E-state index contributed by atoms with van der Waals surface area (Å²) >= 11 is 1.69. The molecule has 4 nitrogen and oxygen atoms in total. The number of thiazole rings is 1. The molecule has 100 valence electrons. The van der Waals surface area contributed by atoms with E-state index in [1.807, 2.05) is 38.2 Å². The van der Waals surface area contributed by atoms with Gasteiger partial charge in [-0.05, 0) is 37.6 Å². The van der Waals surface area contributed by atoms with Gasteiger partial charge in [0.05, 0.1) is 11.6 Å². The molecular formula is C14H17N3OS. The predicted octanol–water partition coefficient (Wildman–Crippen LogP) is 2.73. The first kappa shape index (κ1) is 13.5. The molecule has 0 fully saturated rings. The van der Waals surface area contributed by atoms with Gasteiger partial charge in [0.15, 0.2) is 0 Å². The number of nitrogens with zero attached hydrogens (tertiary/aromatic N) is 1. The standard InChI is InChI=1S/C14H17N3OS/c1-9-6-11(14(18)15-3)4-5-13(9)17-8-12-7-16-10(2)19-12/h4-7,17H,8H2,1-3H3,(H,15,18). The van der Waals surface area contributed by atoms with Gasteiger partial charge in [-0.25, -0.2) is 4.98 Å². The Bertz CT molecular complexity index is 592. The molecule has 0 saturated carbocycles. The van der Waals surface area contributed by atoms with Gasteiger partial charge in [0.2, 0.25) is 0 Å². The van der Waals surface area contributed by atoms with Crippen LogP contribution < -0.4 is 10.6 Å². The Balaban J connectivity index is 2.07. The maximum Gasteiger partial charge on any atom is 0.251 e. The van der Waals surface area contributed by atoms with E-state index in [2.05, 4.69) is 15.6 Å². The monoisotopic (exact) mass is 275 g/mol. The zero-order valence-corrected chi connectivity index (χ0v) is 12.1. The molecule has 2 aromatic rings. The van der Waals surface area contributed by atoms with E-state index in [9.17, 15) is 4.79 Å². The number of carbonyl (C=O) groups excluding carboxylic acids is 1. The third-order valence-electron chi connectivity index (χ3n) is 2.84. The van der Waals surface area contributed by atoms with Gasteiger partial charge in [0.25, 0.3) is 5.91 Å². The zero-order valence-electron chi connectivity index (χ0n) is 11.3. The molecule has 0 bridgehead atoms. The number of benzene rings is 1. The van der Waals surface area contributed by atoms with E-state index in [0.717, 1.165) is 22.8 Å². The second kappa shape index (κ2) is 5.84. The first-order valence-corrected chi connectivity index (χ1v) is 6.89. The van der Waals surface area contributed by atoms with Crippen LogP contribution in [0.15, 0.2) is 24.4 Å². The number of rotatable bonds is 4. The molecule has 1 heterocycles. The fraction of sp³-hybridized carbons (Fsp3) is 0.286. The Kier molecular flexibility index (Phi) is 4.16. The Morgan fingerprint density at radius 3 is 2.74 bits per heavy atom. The Morgan fingerprint density at radius 1 is 1.37 bits per heavy atom. The van der Waals surface area contributed by atoms with Crippen molar-refractivity contribution in [1.29, 1.82) is 0 Å². The van der Waals surface area contributed by atoms with Crippen LogP contribution in [-0.4, -0.2) is 17.9 Å². The highest BCUT2D eigenvalue weighted by atomic mass is 32.1. The molecule has 0 saturated heterocycles. The van der Waals surface area contributed by atoms with Crippen LogP contribution in [0.2, 0.25) is 0 Å². The second-order valence-corrected chi connectivity index (χ2v) is 5.63. The van der Waals surface area contributed by atoms with Crippen molar-refractivity contribution >= 4 is 22.9 Å². The second-order valence-electron chi connectivity index (χ2n) is 4.31. The zero-order chi connectivity index (χ0) is 13.8. The molecule has 0 atom stereocenters. The largest absolute Gasteiger partial charge is 0.380 e.